The van der Waals surface area contributed by atoms with Crippen LogP contribution in [0, 0.1) is 12.7 Å². The summed E-state index contributed by atoms with van der Waals surface area (Å²) in [7, 11) is 0. The van der Waals surface area contributed by atoms with Crippen LogP contribution in [0.4, 0.5) is 10.1 Å². The Bertz CT molecular complexity index is 538. The lowest BCUT2D eigenvalue weighted by Crippen LogP contribution is -2.33. The molecule has 3 rings (SSSR count). The van der Waals surface area contributed by atoms with E-state index in [1.165, 1.54) is 16.8 Å². The van der Waals surface area contributed by atoms with Crippen LogP contribution in [-0.2, 0) is 0 Å². The van der Waals surface area contributed by atoms with Crippen molar-refractivity contribution in [2.45, 2.75) is 31.7 Å². The summed E-state index contributed by atoms with van der Waals surface area (Å²) in [5.74, 6) is 0.418. The van der Waals surface area contributed by atoms with Gasteiger partial charge in [-0.2, -0.15) is 0 Å². The van der Waals surface area contributed by atoms with Crippen molar-refractivity contribution in [2.24, 2.45) is 0 Å². The summed E-state index contributed by atoms with van der Waals surface area (Å²) in [5.41, 5.74) is 3.72. The number of halogens is 1. The zero-order valence-electron chi connectivity index (χ0n) is 11.1. The van der Waals surface area contributed by atoms with Crippen LogP contribution >= 0.6 is 0 Å². The highest BCUT2D eigenvalue weighted by atomic mass is 19.1. The monoisotopic (exact) mass is 255 g/mol. The van der Waals surface area contributed by atoms with Gasteiger partial charge in [0.15, 0.2) is 0 Å². The maximum absolute atomic E-state index is 12.9. The van der Waals surface area contributed by atoms with E-state index in [0.29, 0.717) is 12.0 Å². The first-order valence-corrected chi connectivity index (χ1v) is 6.79. The Balaban J connectivity index is 1.55. The highest BCUT2D eigenvalue weighted by Crippen LogP contribution is 2.38. The fourth-order valence-electron chi connectivity index (χ4n) is 2.63. The lowest BCUT2D eigenvalue weighted by atomic mass is 9.76. The fourth-order valence-corrected chi connectivity index (χ4v) is 2.63. The number of hydrogen-bond acceptors (Lipinski definition) is 1. The fraction of sp³-hybridized carbons (Fsp3) is 0.294. The van der Waals surface area contributed by atoms with Crippen LogP contribution in [0.25, 0.3) is 0 Å². The van der Waals surface area contributed by atoms with E-state index in [1.807, 2.05) is 12.1 Å². The summed E-state index contributed by atoms with van der Waals surface area (Å²) in [6.07, 6.45) is 2.25. The van der Waals surface area contributed by atoms with Crippen molar-refractivity contribution < 1.29 is 4.39 Å². The number of rotatable bonds is 3. The molecule has 1 aliphatic carbocycles. The summed E-state index contributed by atoms with van der Waals surface area (Å²) < 4.78 is 12.9. The Labute approximate surface area is 113 Å². The highest BCUT2D eigenvalue weighted by Gasteiger charge is 2.30. The second-order valence-electron chi connectivity index (χ2n) is 5.43. The van der Waals surface area contributed by atoms with Gasteiger partial charge in [-0.1, -0.05) is 29.8 Å². The molecular formula is C17H18FN. The molecule has 1 N–H and O–H groups in total. The Morgan fingerprint density at radius 2 is 1.58 bits per heavy atom. The van der Waals surface area contributed by atoms with Gasteiger partial charge >= 0.3 is 0 Å². The van der Waals surface area contributed by atoms with E-state index in [1.54, 1.807) is 12.1 Å². The van der Waals surface area contributed by atoms with Crippen molar-refractivity contribution in [1.29, 1.82) is 0 Å². The van der Waals surface area contributed by atoms with Crippen molar-refractivity contribution in [3.8, 4) is 0 Å². The SMILES string of the molecule is Cc1ccc(NC2CC(c3ccc(F)cc3)C2)cc1. The lowest BCUT2D eigenvalue weighted by Gasteiger charge is -2.37. The average molecular weight is 255 g/mol. The molecule has 1 aliphatic rings. The van der Waals surface area contributed by atoms with E-state index in [9.17, 15) is 4.39 Å². The number of hydrogen-bond donors (Lipinski definition) is 1. The summed E-state index contributed by atoms with van der Waals surface area (Å²) in [5, 5.41) is 3.54. The zero-order chi connectivity index (χ0) is 13.2. The van der Waals surface area contributed by atoms with Crippen LogP contribution in [0.1, 0.15) is 29.9 Å². The van der Waals surface area contributed by atoms with Gasteiger partial charge in [0, 0.05) is 11.7 Å². The summed E-state index contributed by atoms with van der Waals surface area (Å²) in [4.78, 5) is 0. The molecular weight excluding hydrogens is 237 g/mol. The van der Waals surface area contributed by atoms with Crippen molar-refractivity contribution in [2.75, 3.05) is 5.32 Å². The van der Waals surface area contributed by atoms with E-state index in [0.717, 1.165) is 12.8 Å². The second-order valence-corrected chi connectivity index (χ2v) is 5.43. The Kier molecular flexibility index (Phi) is 3.24. The lowest BCUT2D eigenvalue weighted by molar-refractivity contribution is 0.374. The van der Waals surface area contributed by atoms with Crippen LogP contribution in [0.3, 0.4) is 0 Å². The van der Waals surface area contributed by atoms with E-state index in [-0.39, 0.29) is 5.82 Å². The van der Waals surface area contributed by atoms with Gasteiger partial charge in [0.2, 0.25) is 0 Å². The Hall–Kier alpha value is -1.83. The molecule has 0 aliphatic heterocycles. The molecule has 0 unspecified atom stereocenters. The second kappa shape index (κ2) is 5.04. The zero-order valence-corrected chi connectivity index (χ0v) is 11.1. The quantitative estimate of drug-likeness (QED) is 0.852. The third kappa shape index (κ3) is 2.78. The molecule has 0 aromatic heterocycles. The molecule has 0 spiro atoms. The summed E-state index contributed by atoms with van der Waals surface area (Å²) >= 11 is 0. The minimum absolute atomic E-state index is 0.155. The van der Waals surface area contributed by atoms with Crippen LogP contribution in [0.15, 0.2) is 48.5 Å². The molecule has 0 bridgehead atoms. The minimum Gasteiger partial charge on any atom is -0.382 e. The first kappa shape index (κ1) is 12.2. The molecule has 0 radical (unpaired) electrons. The van der Waals surface area contributed by atoms with Gasteiger partial charge in [-0.15, -0.1) is 0 Å². The topological polar surface area (TPSA) is 12.0 Å². The van der Waals surface area contributed by atoms with Gasteiger partial charge < -0.3 is 5.32 Å². The highest BCUT2D eigenvalue weighted by molar-refractivity contribution is 5.46. The van der Waals surface area contributed by atoms with Crippen molar-refractivity contribution in [3.05, 3.63) is 65.5 Å². The first-order chi connectivity index (χ1) is 9.20. The Morgan fingerprint density at radius 3 is 2.21 bits per heavy atom. The molecule has 98 valence electrons. The van der Waals surface area contributed by atoms with E-state index < -0.39 is 0 Å². The molecule has 0 atom stereocenters. The number of nitrogens with one attached hydrogen (secondary N) is 1. The van der Waals surface area contributed by atoms with Crippen LogP contribution in [0.5, 0.6) is 0 Å². The molecule has 1 fully saturated rings. The van der Waals surface area contributed by atoms with Gasteiger partial charge in [0.1, 0.15) is 5.82 Å². The van der Waals surface area contributed by atoms with Crippen molar-refractivity contribution in [1.82, 2.24) is 0 Å². The molecule has 0 amide bonds. The third-order valence-corrected chi connectivity index (χ3v) is 3.90. The molecule has 1 nitrogen and oxygen atoms in total. The van der Waals surface area contributed by atoms with Crippen molar-refractivity contribution in [3.63, 3.8) is 0 Å². The first-order valence-electron chi connectivity index (χ1n) is 6.79. The molecule has 2 aromatic rings. The van der Waals surface area contributed by atoms with Crippen LogP contribution in [0.2, 0.25) is 0 Å². The molecule has 0 heterocycles. The van der Waals surface area contributed by atoms with Crippen LogP contribution in [-0.4, -0.2) is 6.04 Å². The maximum atomic E-state index is 12.9. The normalized spacial score (nSPS) is 21.8. The third-order valence-electron chi connectivity index (χ3n) is 3.90. The summed E-state index contributed by atoms with van der Waals surface area (Å²) in [6.45, 7) is 2.09. The summed E-state index contributed by atoms with van der Waals surface area (Å²) in [6, 6.07) is 16.0. The van der Waals surface area contributed by atoms with Gasteiger partial charge in [-0.25, -0.2) is 4.39 Å². The predicted octanol–water partition coefficient (Wildman–Crippen LogP) is 4.49. The van der Waals surface area contributed by atoms with Gasteiger partial charge in [-0.3, -0.25) is 0 Å². The largest absolute Gasteiger partial charge is 0.382 e. The van der Waals surface area contributed by atoms with Crippen molar-refractivity contribution >= 4 is 5.69 Å². The number of benzene rings is 2. The van der Waals surface area contributed by atoms with Gasteiger partial charge in [0.25, 0.3) is 0 Å². The Morgan fingerprint density at radius 1 is 0.947 bits per heavy atom. The molecule has 1 saturated carbocycles. The van der Waals surface area contributed by atoms with E-state index in [4.69, 9.17) is 0 Å². The maximum Gasteiger partial charge on any atom is 0.123 e. The number of anilines is 1. The van der Waals surface area contributed by atoms with E-state index >= 15 is 0 Å². The smallest absolute Gasteiger partial charge is 0.123 e. The molecule has 19 heavy (non-hydrogen) atoms. The minimum atomic E-state index is -0.155. The molecule has 0 saturated heterocycles. The standard InChI is InChI=1S/C17H18FN/c1-12-2-8-16(9-3-12)19-17-10-14(11-17)13-4-6-15(18)7-5-13/h2-9,14,17,19H,10-11H2,1H3. The molecule has 2 heteroatoms. The van der Waals surface area contributed by atoms with Gasteiger partial charge in [0.05, 0.1) is 0 Å². The van der Waals surface area contributed by atoms with Gasteiger partial charge in [-0.05, 0) is 55.5 Å². The van der Waals surface area contributed by atoms with E-state index in [2.05, 4.69) is 36.5 Å². The average Bonchev–Trinajstić information content (AvgIpc) is 2.37. The number of aryl methyl sites for hydroxylation is 1. The predicted molar refractivity (Wildman–Crippen MR) is 77.0 cm³/mol. The van der Waals surface area contributed by atoms with Crippen LogP contribution < -0.4 is 5.32 Å². The molecule has 2 aromatic carbocycles.